The number of ether oxygens (including phenoxy) is 1. The van der Waals surface area contributed by atoms with E-state index in [2.05, 4.69) is 0 Å². The summed E-state index contributed by atoms with van der Waals surface area (Å²) >= 11 is 6.04. The molecule has 1 N–H and O–H groups in total. The molecule has 0 spiro atoms. The summed E-state index contributed by atoms with van der Waals surface area (Å²) in [5.41, 5.74) is -0.721. The van der Waals surface area contributed by atoms with Crippen LogP contribution in [0.2, 0.25) is 5.02 Å². The zero-order valence-corrected chi connectivity index (χ0v) is 15.5. The maximum absolute atomic E-state index is 12.9. The lowest BCUT2D eigenvalue weighted by atomic mass is 9.99. The van der Waals surface area contributed by atoms with Crippen molar-refractivity contribution in [3.05, 3.63) is 56.3 Å². The molecule has 1 aromatic heterocycles. The lowest BCUT2D eigenvalue weighted by Crippen LogP contribution is -2.30. The highest BCUT2D eigenvalue weighted by Crippen LogP contribution is 2.28. The summed E-state index contributed by atoms with van der Waals surface area (Å²) in [6.07, 6.45) is -0.417. The van der Waals surface area contributed by atoms with E-state index in [0.29, 0.717) is 17.2 Å². The molecule has 2 rings (SSSR count). The van der Waals surface area contributed by atoms with Gasteiger partial charge in [0.05, 0.1) is 10.6 Å². The number of aromatic hydroxyl groups is 1. The standard InChI is InChI=1S/C19H19ClN2O4/c1-4-9-22-18(24)13(10-21)11(2)16(19(22)25)17(23)12(3)26-15-8-6-5-7-14(15)20/h5-8,12,25H,4,9H2,1-3H3. The maximum Gasteiger partial charge on any atom is 0.271 e. The average molecular weight is 375 g/mol. The van der Waals surface area contributed by atoms with Crippen LogP contribution in [0.25, 0.3) is 0 Å². The second-order valence-electron chi connectivity index (χ2n) is 5.82. The van der Waals surface area contributed by atoms with Crippen molar-refractivity contribution < 1.29 is 14.6 Å². The number of para-hydroxylation sites is 1. The Morgan fingerprint density at radius 1 is 1.42 bits per heavy atom. The first-order valence-corrected chi connectivity index (χ1v) is 8.53. The summed E-state index contributed by atoms with van der Waals surface area (Å²) in [4.78, 5) is 25.2. The van der Waals surface area contributed by atoms with Gasteiger partial charge in [-0.2, -0.15) is 5.26 Å². The zero-order valence-electron chi connectivity index (χ0n) is 14.7. The number of rotatable bonds is 6. The number of carbonyl (C=O) groups is 1. The highest BCUT2D eigenvalue weighted by molar-refractivity contribution is 6.32. The highest BCUT2D eigenvalue weighted by atomic mass is 35.5. The molecular weight excluding hydrogens is 356 g/mol. The van der Waals surface area contributed by atoms with E-state index in [1.165, 1.54) is 13.8 Å². The number of benzene rings is 1. The predicted octanol–water partition coefficient (Wildman–Crippen LogP) is 3.45. The van der Waals surface area contributed by atoms with Crippen LogP contribution in [0.5, 0.6) is 11.6 Å². The number of hydrogen-bond acceptors (Lipinski definition) is 5. The van der Waals surface area contributed by atoms with E-state index in [1.54, 1.807) is 24.3 Å². The van der Waals surface area contributed by atoms with Crippen LogP contribution >= 0.6 is 11.6 Å². The molecule has 7 heteroatoms. The molecular formula is C19H19ClN2O4. The molecule has 6 nitrogen and oxygen atoms in total. The van der Waals surface area contributed by atoms with Crippen molar-refractivity contribution in [2.24, 2.45) is 0 Å². The minimum atomic E-state index is -0.973. The first-order chi connectivity index (χ1) is 12.3. The first kappa shape index (κ1) is 19.5. The van der Waals surface area contributed by atoms with E-state index < -0.39 is 23.3 Å². The van der Waals surface area contributed by atoms with Crippen LogP contribution in [-0.2, 0) is 6.54 Å². The van der Waals surface area contributed by atoms with Gasteiger partial charge < -0.3 is 9.84 Å². The molecule has 0 amide bonds. The van der Waals surface area contributed by atoms with Gasteiger partial charge in [-0.3, -0.25) is 14.2 Å². The highest BCUT2D eigenvalue weighted by Gasteiger charge is 2.28. The van der Waals surface area contributed by atoms with Crippen LogP contribution in [0.15, 0.2) is 29.1 Å². The number of pyridine rings is 1. The van der Waals surface area contributed by atoms with Crippen LogP contribution in [-0.4, -0.2) is 21.6 Å². The second-order valence-corrected chi connectivity index (χ2v) is 6.23. The SMILES string of the molecule is CCCn1c(O)c(C(=O)C(C)Oc2ccccc2Cl)c(C)c(C#N)c1=O. The van der Waals surface area contributed by atoms with Crippen LogP contribution in [0.3, 0.4) is 0 Å². The Kier molecular flexibility index (Phi) is 6.06. The van der Waals surface area contributed by atoms with Gasteiger partial charge in [-0.15, -0.1) is 0 Å². The molecule has 2 aromatic rings. The third-order valence-electron chi connectivity index (χ3n) is 4.00. The van der Waals surface area contributed by atoms with E-state index in [9.17, 15) is 20.0 Å². The summed E-state index contributed by atoms with van der Waals surface area (Å²) in [7, 11) is 0. The molecule has 0 aliphatic rings. The van der Waals surface area contributed by atoms with Crippen molar-refractivity contribution in [1.82, 2.24) is 4.57 Å². The van der Waals surface area contributed by atoms with Gasteiger partial charge in [-0.1, -0.05) is 30.7 Å². The van der Waals surface area contributed by atoms with Gasteiger partial charge in [0.2, 0.25) is 11.7 Å². The van der Waals surface area contributed by atoms with Crippen molar-refractivity contribution in [2.45, 2.75) is 39.8 Å². The van der Waals surface area contributed by atoms with Crippen molar-refractivity contribution in [2.75, 3.05) is 0 Å². The number of nitrogens with zero attached hydrogens (tertiary/aromatic N) is 2. The van der Waals surface area contributed by atoms with E-state index in [4.69, 9.17) is 16.3 Å². The second kappa shape index (κ2) is 8.07. The fraction of sp³-hybridized carbons (Fsp3) is 0.316. The molecule has 0 saturated heterocycles. The van der Waals surface area contributed by atoms with Crippen LogP contribution in [0.1, 0.15) is 41.8 Å². The Morgan fingerprint density at radius 2 is 2.08 bits per heavy atom. The van der Waals surface area contributed by atoms with E-state index >= 15 is 0 Å². The van der Waals surface area contributed by atoms with Crippen LogP contribution in [0.4, 0.5) is 0 Å². The normalized spacial score (nSPS) is 11.7. The van der Waals surface area contributed by atoms with Gasteiger partial charge in [0.25, 0.3) is 5.56 Å². The molecule has 1 aromatic carbocycles. The fourth-order valence-electron chi connectivity index (χ4n) is 2.66. The van der Waals surface area contributed by atoms with Gasteiger partial charge in [0, 0.05) is 6.54 Å². The molecule has 0 fully saturated rings. The number of nitriles is 1. The van der Waals surface area contributed by atoms with Crippen molar-refractivity contribution in [3.63, 3.8) is 0 Å². The summed E-state index contributed by atoms with van der Waals surface area (Å²) in [6, 6.07) is 8.53. The molecule has 1 heterocycles. The van der Waals surface area contributed by atoms with Gasteiger partial charge in [-0.05, 0) is 38.0 Å². The van der Waals surface area contributed by atoms with Gasteiger partial charge in [0.15, 0.2) is 6.10 Å². The monoisotopic (exact) mass is 374 g/mol. The minimum Gasteiger partial charge on any atom is -0.494 e. The van der Waals surface area contributed by atoms with E-state index in [-0.39, 0.29) is 23.2 Å². The molecule has 26 heavy (non-hydrogen) atoms. The summed E-state index contributed by atoms with van der Waals surface area (Å²) < 4.78 is 6.65. The van der Waals surface area contributed by atoms with Gasteiger partial charge in [-0.25, -0.2) is 0 Å². The lowest BCUT2D eigenvalue weighted by molar-refractivity contribution is 0.0812. The molecule has 1 unspecified atom stereocenters. The molecule has 0 bridgehead atoms. The number of Topliss-reactive ketones (excluding diaryl/α,β-unsaturated/α-hetero) is 1. The predicted molar refractivity (Wildman–Crippen MR) is 98.0 cm³/mol. The van der Waals surface area contributed by atoms with Crippen molar-refractivity contribution in [1.29, 1.82) is 5.26 Å². The molecule has 0 aliphatic heterocycles. The van der Waals surface area contributed by atoms with Crippen LogP contribution < -0.4 is 10.3 Å². The Hall–Kier alpha value is -2.78. The number of hydrogen-bond donors (Lipinski definition) is 1. The number of halogens is 1. The Bertz CT molecular complexity index is 944. The van der Waals surface area contributed by atoms with Crippen molar-refractivity contribution >= 4 is 17.4 Å². The van der Waals surface area contributed by atoms with Gasteiger partial charge in [0.1, 0.15) is 17.4 Å². The average Bonchev–Trinajstić information content (AvgIpc) is 2.61. The Balaban J connectivity index is 2.51. The molecule has 0 aliphatic carbocycles. The Morgan fingerprint density at radius 3 is 2.65 bits per heavy atom. The summed E-state index contributed by atoms with van der Waals surface area (Å²) in [6.45, 7) is 5.00. The third kappa shape index (κ3) is 3.58. The minimum absolute atomic E-state index is 0.0887. The zero-order chi connectivity index (χ0) is 19.4. The third-order valence-corrected chi connectivity index (χ3v) is 4.32. The lowest BCUT2D eigenvalue weighted by Gasteiger charge is -2.19. The first-order valence-electron chi connectivity index (χ1n) is 8.15. The molecule has 0 radical (unpaired) electrons. The van der Waals surface area contributed by atoms with Gasteiger partial charge >= 0.3 is 0 Å². The summed E-state index contributed by atoms with van der Waals surface area (Å²) in [5, 5.41) is 20.1. The quantitative estimate of drug-likeness (QED) is 0.782. The largest absolute Gasteiger partial charge is 0.494 e. The molecule has 136 valence electrons. The fourth-order valence-corrected chi connectivity index (χ4v) is 2.84. The van der Waals surface area contributed by atoms with Crippen LogP contribution in [0, 0.1) is 18.3 Å². The smallest absolute Gasteiger partial charge is 0.271 e. The van der Waals surface area contributed by atoms with E-state index in [1.807, 2.05) is 13.0 Å². The molecule has 0 saturated carbocycles. The number of ketones is 1. The molecule has 1 atom stereocenters. The number of aromatic nitrogens is 1. The summed E-state index contributed by atoms with van der Waals surface area (Å²) in [5.74, 6) is -0.663. The topological polar surface area (TPSA) is 92.3 Å². The Labute approximate surface area is 156 Å². The number of carbonyl (C=O) groups excluding carboxylic acids is 1. The van der Waals surface area contributed by atoms with Crippen molar-refractivity contribution in [3.8, 4) is 17.7 Å². The van der Waals surface area contributed by atoms with E-state index in [0.717, 1.165) is 4.57 Å². The maximum atomic E-state index is 12.9.